The second-order valence-corrected chi connectivity index (χ2v) is 7.33. The molecule has 1 aliphatic heterocycles. The van der Waals surface area contributed by atoms with Gasteiger partial charge in [0.25, 0.3) is 5.89 Å². The normalized spacial score (nSPS) is 17.4. The van der Waals surface area contributed by atoms with Gasteiger partial charge in [0.1, 0.15) is 0 Å². The summed E-state index contributed by atoms with van der Waals surface area (Å²) in [5.41, 5.74) is 0.901. The maximum atomic E-state index is 12.4. The molecule has 1 amide bonds. The molecule has 1 aromatic carbocycles. The van der Waals surface area contributed by atoms with Gasteiger partial charge in [-0.2, -0.15) is 4.98 Å². The second kappa shape index (κ2) is 6.68. The lowest BCUT2D eigenvalue weighted by atomic mass is 10.1. The van der Waals surface area contributed by atoms with Gasteiger partial charge in [-0.05, 0) is 52.5 Å². The number of aromatic nitrogens is 2. The number of hydrogen-bond acceptors (Lipinski definition) is 6. The summed E-state index contributed by atoms with van der Waals surface area (Å²) in [6.07, 6.45) is 2.38. The van der Waals surface area contributed by atoms with Crippen LogP contribution in [0, 0.1) is 0 Å². The first-order valence-corrected chi connectivity index (χ1v) is 9.69. The van der Waals surface area contributed by atoms with Crippen molar-refractivity contribution < 1.29 is 13.7 Å². The van der Waals surface area contributed by atoms with Gasteiger partial charge in [0.05, 0.1) is 0 Å². The van der Waals surface area contributed by atoms with Crippen LogP contribution in [0.15, 0.2) is 54.9 Å². The molecule has 0 bridgehead atoms. The van der Waals surface area contributed by atoms with Crippen LogP contribution >= 0.6 is 27.7 Å². The number of anilines is 1. The van der Waals surface area contributed by atoms with Crippen molar-refractivity contribution in [3.8, 4) is 11.7 Å². The zero-order valence-corrected chi connectivity index (χ0v) is 15.7. The van der Waals surface area contributed by atoms with Gasteiger partial charge < -0.3 is 13.8 Å². The molecule has 0 aliphatic carbocycles. The Morgan fingerprint density at radius 1 is 1.32 bits per heavy atom. The maximum absolute atomic E-state index is 12.4. The fourth-order valence-corrected chi connectivity index (χ4v) is 3.60. The van der Waals surface area contributed by atoms with Gasteiger partial charge >= 0.3 is 0 Å². The third-order valence-corrected chi connectivity index (χ3v) is 5.23. The van der Waals surface area contributed by atoms with Crippen molar-refractivity contribution in [2.75, 3.05) is 17.7 Å². The van der Waals surface area contributed by atoms with Crippen molar-refractivity contribution in [2.45, 2.75) is 17.2 Å². The van der Waals surface area contributed by atoms with Gasteiger partial charge in [-0.1, -0.05) is 11.2 Å². The van der Waals surface area contributed by atoms with Crippen LogP contribution in [-0.4, -0.2) is 28.8 Å². The van der Waals surface area contributed by atoms with E-state index < -0.39 is 0 Å². The number of benzene rings is 1. The highest BCUT2D eigenvalue weighted by Crippen LogP contribution is 2.33. The number of rotatable bonds is 4. The average molecular weight is 420 g/mol. The molecule has 3 aromatic rings. The maximum Gasteiger partial charge on any atom is 0.293 e. The molecule has 128 valence electrons. The van der Waals surface area contributed by atoms with Gasteiger partial charge in [-0.15, -0.1) is 11.8 Å². The number of hydrogen-bond donors (Lipinski definition) is 0. The highest BCUT2D eigenvalue weighted by molar-refractivity contribution is 9.10. The van der Waals surface area contributed by atoms with Crippen molar-refractivity contribution in [1.29, 1.82) is 0 Å². The van der Waals surface area contributed by atoms with Gasteiger partial charge in [0.2, 0.25) is 5.91 Å². The summed E-state index contributed by atoms with van der Waals surface area (Å²) < 4.78 is 11.3. The van der Waals surface area contributed by atoms with Gasteiger partial charge in [-0.3, -0.25) is 4.79 Å². The third kappa shape index (κ3) is 3.23. The molecular weight excluding hydrogens is 406 g/mol. The second-order valence-electron chi connectivity index (χ2n) is 5.67. The van der Waals surface area contributed by atoms with E-state index in [1.807, 2.05) is 30.5 Å². The van der Waals surface area contributed by atoms with Crippen LogP contribution in [0.2, 0.25) is 0 Å². The molecule has 6 nitrogen and oxygen atoms in total. The van der Waals surface area contributed by atoms with Crippen LogP contribution < -0.4 is 4.90 Å². The number of halogens is 1. The lowest BCUT2D eigenvalue weighted by molar-refractivity contribution is -0.117. The first kappa shape index (κ1) is 16.4. The van der Waals surface area contributed by atoms with Crippen molar-refractivity contribution in [3.05, 3.63) is 46.9 Å². The smallest absolute Gasteiger partial charge is 0.293 e. The summed E-state index contributed by atoms with van der Waals surface area (Å²) in [6, 6.07) is 11.5. The van der Waals surface area contributed by atoms with E-state index in [1.165, 1.54) is 0 Å². The molecule has 1 aliphatic rings. The fraction of sp³-hybridized carbons (Fsp3) is 0.235. The summed E-state index contributed by atoms with van der Waals surface area (Å²) in [5.74, 6) is 1.31. The molecule has 0 spiro atoms. The van der Waals surface area contributed by atoms with E-state index in [4.69, 9.17) is 8.94 Å². The Balaban J connectivity index is 1.55. The lowest BCUT2D eigenvalue weighted by Crippen LogP contribution is -2.24. The number of thioether (sulfide) groups is 1. The van der Waals surface area contributed by atoms with Gasteiger partial charge in [-0.25, -0.2) is 0 Å². The molecule has 2 aromatic heterocycles. The molecule has 25 heavy (non-hydrogen) atoms. The SMILES string of the molecule is CSc1cccc(N2CC(c3noc(-c4ccc(Br)o4)n3)CC2=O)c1. The number of furan rings is 1. The Morgan fingerprint density at radius 3 is 2.96 bits per heavy atom. The van der Waals surface area contributed by atoms with E-state index in [0.717, 1.165) is 10.6 Å². The summed E-state index contributed by atoms with van der Waals surface area (Å²) >= 11 is 4.90. The first-order chi connectivity index (χ1) is 12.1. The summed E-state index contributed by atoms with van der Waals surface area (Å²) in [5, 5.41) is 4.04. The van der Waals surface area contributed by atoms with Crippen molar-refractivity contribution in [3.63, 3.8) is 0 Å². The summed E-state index contributed by atoms with van der Waals surface area (Å²) in [4.78, 5) is 19.7. The van der Waals surface area contributed by atoms with E-state index in [1.54, 1.807) is 28.8 Å². The van der Waals surface area contributed by atoms with Crippen LogP contribution in [0.4, 0.5) is 5.69 Å². The number of amides is 1. The minimum absolute atomic E-state index is 0.0651. The molecule has 1 atom stereocenters. The van der Waals surface area contributed by atoms with E-state index in [0.29, 0.717) is 35.1 Å². The average Bonchev–Trinajstić information content (AvgIpc) is 3.34. The molecule has 8 heteroatoms. The first-order valence-electron chi connectivity index (χ1n) is 7.68. The zero-order valence-electron chi connectivity index (χ0n) is 13.3. The van der Waals surface area contributed by atoms with Crippen molar-refractivity contribution in [1.82, 2.24) is 10.1 Å². The monoisotopic (exact) mass is 419 g/mol. The van der Waals surface area contributed by atoms with Crippen LogP contribution in [0.3, 0.4) is 0 Å². The number of carbonyl (C=O) groups excluding carboxylic acids is 1. The molecule has 3 heterocycles. The largest absolute Gasteiger partial charge is 0.444 e. The zero-order chi connectivity index (χ0) is 17.4. The van der Waals surface area contributed by atoms with Crippen LogP contribution in [-0.2, 0) is 4.79 Å². The minimum atomic E-state index is -0.0960. The molecule has 1 saturated heterocycles. The molecule has 1 fully saturated rings. The Kier molecular flexibility index (Phi) is 4.39. The Bertz CT molecular complexity index is 923. The lowest BCUT2D eigenvalue weighted by Gasteiger charge is -2.16. The fourth-order valence-electron chi connectivity index (χ4n) is 2.84. The highest BCUT2D eigenvalue weighted by Gasteiger charge is 2.35. The number of carbonyl (C=O) groups is 1. The third-order valence-electron chi connectivity index (χ3n) is 4.08. The Morgan fingerprint density at radius 2 is 2.20 bits per heavy atom. The predicted octanol–water partition coefficient (Wildman–Crippen LogP) is 4.33. The molecule has 0 radical (unpaired) electrons. The highest BCUT2D eigenvalue weighted by atomic mass is 79.9. The molecule has 0 N–H and O–H groups in total. The van der Waals surface area contributed by atoms with E-state index in [2.05, 4.69) is 26.1 Å². The van der Waals surface area contributed by atoms with Crippen LogP contribution in [0.1, 0.15) is 18.2 Å². The molecule has 1 unspecified atom stereocenters. The summed E-state index contributed by atoms with van der Waals surface area (Å²) in [6.45, 7) is 0.539. The molecular formula is C17H14BrN3O3S. The van der Waals surface area contributed by atoms with E-state index in [-0.39, 0.29) is 11.8 Å². The van der Waals surface area contributed by atoms with Gasteiger partial charge in [0.15, 0.2) is 16.3 Å². The minimum Gasteiger partial charge on any atom is -0.444 e. The standard InChI is InChI=1S/C17H14BrN3O3S/c1-25-12-4-2-3-11(8-12)21-9-10(7-15(21)22)16-19-17(24-20-16)13-5-6-14(18)23-13/h2-6,8,10H,7,9H2,1H3. The van der Waals surface area contributed by atoms with Crippen molar-refractivity contribution >= 4 is 39.3 Å². The summed E-state index contributed by atoms with van der Waals surface area (Å²) in [7, 11) is 0. The quantitative estimate of drug-likeness (QED) is 0.585. The van der Waals surface area contributed by atoms with Gasteiger partial charge in [0, 0.05) is 29.5 Å². The van der Waals surface area contributed by atoms with Crippen LogP contribution in [0.5, 0.6) is 0 Å². The topological polar surface area (TPSA) is 72.4 Å². The van der Waals surface area contributed by atoms with E-state index in [9.17, 15) is 4.79 Å². The predicted molar refractivity (Wildman–Crippen MR) is 97.6 cm³/mol. The molecule has 4 rings (SSSR count). The number of nitrogens with zero attached hydrogens (tertiary/aromatic N) is 3. The van der Waals surface area contributed by atoms with Crippen LogP contribution in [0.25, 0.3) is 11.7 Å². The Labute approximate surface area is 156 Å². The van der Waals surface area contributed by atoms with Crippen molar-refractivity contribution in [2.24, 2.45) is 0 Å². The molecule has 0 saturated carbocycles. The van der Waals surface area contributed by atoms with E-state index >= 15 is 0 Å². The Hall–Kier alpha value is -2.06.